The second-order valence-corrected chi connectivity index (χ2v) is 2.99. The van der Waals surface area contributed by atoms with E-state index in [1.807, 2.05) is 0 Å². The minimum absolute atomic E-state index is 0.196. The zero-order valence-electron chi connectivity index (χ0n) is 8.57. The number of carbonyl (C=O) groups excluding carboxylic acids is 1. The van der Waals surface area contributed by atoms with E-state index >= 15 is 0 Å². The Kier molecular flexibility index (Phi) is 5.50. The normalized spacial score (nSPS) is 10.2. The molecule has 0 fully saturated rings. The summed E-state index contributed by atoms with van der Waals surface area (Å²) in [6.45, 7) is 2.27. The molecule has 0 aliphatic rings. The summed E-state index contributed by atoms with van der Waals surface area (Å²) in [4.78, 5) is 11.3. The predicted molar refractivity (Wildman–Crippen MR) is 55.5 cm³/mol. The van der Waals surface area contributed by atoms with Gasteiger partial charge in [0.1, 0.15) is 0 Å². The molecule has 0 saturated carbocycles. The van der Waals surface area contributed by atoms with Crippen LogP contribution in [0, 0.1) is 0 Å². The minimum atomic E-state index is -0.196. The fourth-order valence-electron chi connectivity index (χ4n) is 1.06. The van der Waals surface area contributed by atoms with E-state index in [4.69, 9.17) is 14.9 Å². The highest BCUT2D eigenvalue weighted by Crippen LogP contribution is 1.98. The second-order valence-electron chi connectivity index (χ2n) is 2.99. The Morgan fingerprint density at radius 1 is 1.53 bits per heavy atom. The molecule has 1 amide bonds. The summed E-state index contributed by atoms with van der Waals surface area (Å²) < 4.78 is 10.1. The standard InChI is InChI=1S/C10H16N2O3/c11-4-8-14-6-2-5-12-10(13)9-3-1-7-15-9/h1,3,7H,2,4-6,8,11H2,(H,12,13). The lowest BCUT2D eigenvalue weighted by molar-refractivity contribution is 0.0915. The van der Waals surface area contributed by atoms with E-state index in [-0.39, 0.29) is 5.91 Å². The molecule has 0 unspecified atom stereocenters. The first-order valence-corrected chi connectivity index (χ1v) is 4.94. The Hall–Kier alpha value is -1.33. The molecule has 1 rings (SSSR count). The zero-order chi connectivity index (χ0) is 10.9. The maximum absolute atomic E-state index is 11.3. The minimum Gasteiger partial charge on any atom is -0.459 e. The van der Waals surface area contributed by atoms with Crippen molar-refractivity contribution in [1.82, 2.24) is 5.32 Å². The summed E-state index contributed by atoms with van der Waals surface area (Å²) in [7, 11) is 0. The summed E-state index contributed by atoms with van der Waals surface area (Å²) in [6, 6.07) is 3.31. The van der Waals surface area contributed by atoms with Gasteiger partial charge in [0, 0.05) is 19.7 Å². The number of nitrogens with two attached hydrogens (primary N) is 1. The summed E-state index contributed by atoms with van der Waals surface area (Å²) in [6.07, 6.45) is 2.24. The van der Waals surface area contributed by atoms with Crippen molar-refractivity contribution < 1.29 is 13.9 Å². The van der Waals surface area contributed by atoms with Crippen LogP contribution < -0.4 is 11.1 Å². The second kappa shape index (κ2) is 7.03. The highest BCUT2D eigenvalue weighted by molar-refractivity contribution is 5.91. The summed E-state index contributed by atoms with van der Waals surface area (Å²) >= 11 is 0. The Morgan fingerprint density at radius 3 is 3.07 bits per heavy atom. The van der Waals surface area contributed by atoms with Crippen molar-refractivity contribution >= 4 is 5.91 Å². The van der Waals surface area contributed by atoms with Gasteiger partial charge < -0.3 is 20.2 Å². The first-order valence-electron chi connectivity index (χ1n) is 4.94. The maximum atomic E-state index is 11.3. The van der Waals surface area contributed by atoms with Crippen molar-refractivity contribution in [2.45, 2.75) is 6.42 Å². The van der Waals surface area contributed by atoms with Crippen LogP contribution in [0.15, 0.2) is 22.8 Å². The highest BCUT2D eigenvalue weighted by atomic mass is 16.5. The molecular formula is C10H16N2O3. The molecule has 0 saturated heterocycles. The van der Waals surface area contributed by atoms with Gasteiger partial charge in [0.05, 0.1) is 12.9 Å². The van der Waals surface area contributed by atoms with E-state index in [1.54, 1.807) is 12.1 Å². The first kappa shape index (κ1) is 11.7. The third kappa shape index (κ3) is 4.62. The van der Waals surface area contributed by atoms with Gasteiger partial charge in [-0.2, -0.15) is 0 Å². The zero-order valence-corrected chi connectivity index (χ0v) is 8.57. The molecule has 0 spiro atoms. The molecule has 0 aliphatic heterocycles. The lowest BCUT2D eigenvalue weighted by Gasteiger charge is -2.03. The largest absolute Gasteiger partial charge is 0.459 e. The quantitative estimate of drug-likeness (QED) is 0.640. The van der Waals surface area contributed by atoms with E-state index < -0.39 is 0 Å². The topological polar surface area (TPSA) is 77.5 Å². The fraction of sp³-hybridized carbons (Fsp3) is 0.500. The Labute approximate surface area is 88.6 Å². The van der Waals surface area contributed by atoms with Crippen LogP contribution in [-0.4, -0.2) is 32.2 Å². The lowest BCUT2D eigenvalue weighted by atomic mass is 10.4. The number of rotatable bonds is 7. The van der Waals surface area contributed by atoms with Crippen LogP contribution in [0.4, 0.5) is 0 Å². The van der Waals surface area contributed by atoms with Crippen molar-refractivity contribution in [2.75, 3.05) is 26.3 Å². The van der Waals surface area contributed by atoms with Gasteiger partial charge in [-0.1, -0.05) is 0 Å². The first-order chi connectivity index (χ1) is 7.34. The Balaban J connectivity index is 2.03. The van der Waals surface area contributed by atoms with Crippen LogP contribution >= 0.6 is 0 Å². The molecule has 5 heteroatoms. The summed E-state index contributed by atoms with van der Waals surface area (Å²) in [5.74, 6) is 0.136. The lowest BCUT2D eigenvalue weighted by Crippen LogP contribution is -2.25. The third-order valence-corrected chi connectivity index (χ3v) is 1.76. The number of hydrogen-bond donors (Lipinski definition) is 2. The van der Waals surface area contributed by atoms with E-state index in [9.17, 15) is 4.79 Å². The van der Waals surface area contributed by atoms with E-state index in [0.29, 0.717) is 32.1 Å². The molecule has 3 N–H and O–H groups in total. The molecule has 1 heterocycles. The molecule has 0 aromatic carbocycles. The van der Waals surface area contributed by atoms with E-state index in [2.05, 4.69) is 5.32 Å². The van der Waals surface area contributed by atoms with Crippen molar-refractivity contribution in [1.29, 1.82) is 0 Å². The van der Waals surface area contributed by atoms with Gasteiger partial charge in [-0.3, -0.25) is 4.79 Å². The van der Waals surface area contributed by atoms with Crippen LogP contribution in [0.3, 0.4) is 0 Å². The van der Waals surface area contributed by atoms with Gasteiger partial charge in [0.2, 0.25) is 0 Å². The van der Waals surface area contributed by atoms with Crippen LogP contribution in [0.25, 0.3) is 0 Å². The molecular weight excluding hydrogens is 196 g/mol. The monoisotopic (exact) mass is 212 g/mol. The molecule has 15 heavy (non-hydrogen) atoms. The maximum Gasteiger partial charge on any atom is 0.286 e. The molecule has 1 aromatic heterocycles. The number of carbonyl (C=O) groups is 1. The molecule has 0 atom stereocenters. The molecule has 0 aliphatic carbocycles. The number of amides is 1. The number of hydrogen-bond acceptors (Lipinski definition) is 4. The van der Waals surface area contributed by atoms with Crippen LogP contribution in [0.5, 0.6) is 0 Å². The predicted octanol–water partition coefficient (Wildman–Crippen LogP) is 0.375. The van der Waals surface area contributed by atoms with Crippen LogP contribution in [0.2, 0.25) is 0 Å². The van der Waals surface area contributed by atoms with Gasteiger partial charge in [-0.15, -0.1) is 0 Å². The summed E-state index contributed by atoms with van der Waals surface area (Å²) in [5.41, 5.74) is 5.25. The van der Waals surface area contributed by atoms with E-state index in [0.717, 1.165) is 6.42 Å². The van der Waals surface area contributed by atoms with E-state index in [1.165, 1.54) is 6.26 Å². The Bertz CT molecular complexity index is 272. The average Bonchev–Trinajstić information content (AvgIpc) is 2.76. The van der Waals surface area contributed by atoms with Crippen molar-refractivity contribution in [3.63, 3.8) is 0 Å². The molecule has 1 aromatic rings. The van der Waals surface area contributed by atoms with Gasteiger partial charge in [-0.25, -0.2) is 0 Å². The highest BCUT2D eigenvalue weighted by Gasteiger charge is 2.06. The SMILES string of the molecule is NCCOCCCNC(=O)c1ccco1. The van der Waals surface area contributed by atoms with Gasteiger partial charge in [-0.05, 0) is 18.6 Å². The van der Waals surface area contributed by atoms with Gasteiger partial charge in [0.15, 0.2) is 5.76 Å². The van der Waals surface area contributed by atoms with Crippen molar-refractivity contribution in [2.24, 2.45) is 5.73 Å². The fourth-order valence-corrected chi connectivity index (χ4v) is 1.06. The van der Waals surface area contributed by atoms with Gasteiger partial charge in [0.25, 0.3) is 5.91 Å². The molecule has 0 bridgehead atoms. The number of ether oxygens (including phenoxy) is 1. The van der Waals surface area contributed by atoms with Crippen LogP contribution in [-0.2, 0) is 4.74 Å². The molecule has 0 radical (unpaired) electrons. The smallest absolute Gasteiger partial charge is 0.286 e. The number of nitrogens with one attached hydrogen (secondary N) is 1. The van der Waals surface area contributed by atoms with Crippen molar-refractivity contribution in [3.8, 4) is 0 Å². The van der Waals surface area contributed by atoms with Crippen LogP contribution in [0.1, 0.15) is 17.0 Å². The average molecular weight is 212 g/mol. The summed E-state index contributed by atoms with van der Waals surface area (Å²) in [5, 5.41) is 2.72. The van der Waals surface area contributed by atoms with Crippen molar-refractivity contribution in [3.05, 3.63) is 24.2 Å². The number of furan rings is 1. The molecule has 5 nitrogen and oxygen atoms in total. The van der Waals surface area contributed by atoms with Gasteiger partial charge >= 0.3 is 0 Å². The molecule has 84 valence electrons. The Morgan fingerprint density at radius 2 is 2.40 bits per heavy atom. The third-order valence-electron chi connectivity index (χ3n) is 1.76.